The summed E-state index contributed by atoms with van der Waals surface area (Å²) in [5.41, 5.74) is 1.94. The number of methoxy groups -OCH3 is 1. The van der Waals surface area contributed by atoms with Crippen LogP contribution in [-0.4, -0.2) is 59.8 Å². The van der Waals surface area contributed by atoms with Crippen molar-refractivity contribution in [1.82, 2.24) is 15.2 Å². The molecule has 2 aliphatic rings. The Kier molecular flexibility index (Phi) is 9.12. The van der Waals surface area contributed by atoms with Crippen LogP contribution in [0.4, 0.5) is 0 Å². The minimum absolute atomic E-state index is 0.0309. The highest BCUT2D eigenvalue weighted by Gasteiger charge is 2.29. The van der Waals surface area contributed by atoms with Crippen LogP contribution in [0.25, 0.3) is 0 Å². The molecular weight excluding hydrogens is 532 g/mol. The van der Waals surface area contributed by atoms with Gasteiger partial charge in [0.2, 0.25) is 0 Å². The quantitative estimate of drug-likeness (QED) is 0.388. The van der Waals surface area contributed by atoms with Gasteiger partial charge in [0.25, 0.3) is 11.8 Å². The van der Waals surface area contributed by atoms with Crippen molar-refractivity contribution in [3.63, 3.8) is 0 Å². The summed E-state index contributed by atoms with van der Waals surface area (Å²) >= 11 is 0. The lowest BCUT2D eigenvalue weighted by atomic mass is 9.88. The number of nitrogens with one attached hydrogen (secondary N) is 1. The Labute approximate surface area is 245 Å². The van der Waals surface area contributed by atoms with Crippen molar-refractivity contribution in [3.05, 3.63) is 89.2 Å². The Bertz CT molecular complexity index is 1430. The molecule has 0 atom stereocenters. The molecule has 216 valence electrons. The van der Waals surface area contributed by atoms with Gasteiger partial charge in [-0.25, -0.2) is 0 Å². The van der Waals surface area contributed by atoms with Crippen molar-refractivity contribution >= 4 is 17.6 Å². The molecule has 42 heavy (non-hydrogen) atoms. The number of carbonyl (C=O) groups is 3. The highest BCUT2D eigenvalue weighted by atomic mass is 16.5. The molecular formula is C33H34N4O5. The molecule has 1 aliphatic heterocycles. The third kappa shape index (κ3) is 6.95. The van der Waals surface area contributed by atoms with Crippen molar-refractivity contribution in [3.8, 4) is 17.6 Å². The summed E-state index contributed by atoms with van der Waals surface area (Å²) in [7, 11) is 1.59. The highest BCUT2D eigenvalue weighted by Crippen LogP contribution is 2.26. The first-order chi connectivity index (χ1) is 20.4. The number of ether oxygens (including phenoxy) is 2. The number of piperidine rings is 1. The summed E-state index contributed by atoms with van der Waals surface area (Å²) in [6.45, 7) is 0.983. The van der Waals surface area contributed by atoms with Crippen LogP contribution in [-0.2, 0) is 0 Å². The molecule has 3 aromatic rings. The maximum absolute atomic E-state index is 13.1. The molecule has 2 amide bonds. The van der Waals surface area contributed by atoms with Crippen LogP contribution in [0, 0.1) is 17.2 Å². The summed E-state index contributed by atoms with van der Waals surface area (Å²) in [4.78, 5) is 44.8. The average Bonchev–Trinajstić information content (AvgIpc) is 3.05. The zero-order chi connectivity index (χ0) is 29.5. The van der Waals surface area contributed by atoms with Gasteiger partial charge in [0.15, 0.2) is 5.78 Å². The largest absolute Gasteiger partial charge is 0.497 e. The maximum atomic E-state index is 13.1. The third-order valence-corrected chi connectivity index (χ3v) is 8.07. The molecule has 1 aliphatic carbocycles. The van der Waals surface area contributed by atoms with E-state index in [0.717, 1.165) is 31.4 Å². The summed E-state index contributed by atoms with van der Waals surface area (Å²) in [6.07, 6.45) is 5.94. The Morgan fingerprint density at radius 1 is 0.857 bits per heavy atom. The molecule has 0 radical (unpaired) electrons. The number of nitriles is 1. The van der Waals surface area contributed by atoms with Gasteiger partial charge in [0.05, 0.1) is 30.4 Å². The van der Waals surface area contributed by atoms with E-state index in [0.29, 0.717) is 48.4 Å². The number of likely N-dealkylation sites (tertiary alicyclic amines) is 1. The van der Waals surface area contributed by atoms with Gasteiger partial charge in [0, 0.05) is 36.8 Å². The number of aromatic nitrogens is 1. The number of amides is 2. The average molecular weight is 567 g/mol. The number of benzene rings is 2. The molecule has 0 bridgehead atoms. The Morgan fingerprint density at radius 2 is 1.50 bits per heavy atom. The van der Waals surface area contributed by atoms with Crippen molar-refractivity contribution in [2.75, 3.05) is 20.2 Å². The lowest BCUT2D eigenvalue weighted by Crippen LogP contribution is -2.40. The van der Waals surface area contributed by atoms with E-state index in [1.165, 1.54) is 6.20 Å². The van der Waals surface area contributed by atoms with Crippen molar-refractivity contribution in [2.24, 2.45) is 5.92 Å². The van der Waals surface area contributed by atoms with Crippen molar-refractivity contribution < 1.29 is 23.9 Å². The lowest BCUT2D eigenvalue weighted by molar-refractivity contribution is 0.0649. The van der Waals surface area contributed by atoms with Crippen LogP contribution in [0.15, 0.2) is 66.9 Å². The van der Waals surface area contributed by atoms with Crippen LogP contribution < -0.4 is 14.8 Å². The predicted octanol–water partition coefficient (Wildman–Crippen LogP) is 4.82. The number of carbonyl (C=O) groups excluding carboxylic acids is 3. The second-order valence-electron chi connectivity index (χ2n) is 10.8. The standard InChI is InChI=1S/C33H34N4O5/c1-41-27-11-4-23(5-12-27)31(38)24-16-18-37(19-17-24)33(40)25-6-15-30(35-21-25)32(39)36-26-7-13-29(14-8-26)42-28-9-2-22(20-34)3-10-28/h2-6,9-12,15,21,24,26,29H,7-8,13-14,16-19H2,1H3,(H,36,39). The third-order valence-electron chi connectivity index (χ3n) is 8.07. The fraction of sp³-hybridized carbons (Fsp3) is 0.364. The molecule has 1 aromatic heterocycles. The van der Waals surface area contributed by atoms with Crippen LogP contribution in [0.2, 0.25) is 0 Å². The fourth-order valence-corrected chi connectivity index (χ4v) is 5.56. The Hall–Kier alpha value is -4.71. The lowest BCUT2D eigenvalue weighted by Gasteiger charge is -2.31. The van der Waals surface area contributed by atoms with Gasteiger partial charge in [-0.1, -0.05) is 0 Å². The summed E-state index contributed by atoms with van der Waals surface area (Å²) < 4.78 is 11.2. The molecule has 2 fully saturated rings. The second kappa shape index (κ2) is 13.3. The van der Waals surface area contributed by atoms with E-state index in [4.69, 9.17) is 14.7 Å². The highest BCUT2D eigenvalue weighted by molar-refractivity contribution is 5.99. The first kappa shape index (κ1) is 28.8. The van der Waals surface area contributed by atoms with Crippen LogP contribution in [0.5, 0.6) is 11.5 Å². The van der Waals surface area contributed by atoms with E-state index in [1.807, 2.05) is 0 Å². The fourth-order valence-electron chi connectivity index (χ4n) is 5.56. The summed E-state index contributed by atoms with van der Waals surface area (Å²) in [5, 5.41) is 12.0. The number of nitrogens with zero attached hydrogens (tertiary/aromatic N) is 3. The SMILES string of the molecule is COc1ccc(C(=O)C2CCN(C(=O)c3ccc(C(=O)NC4CCC(Oc5ccc(C#N)cc5)CC4)nc3)CC2)cc1. The first-order valence-corrected chi connectivity index (χ1v) is 14.3. The van der Waals surface area contributed by atoms with E-state index in [-0.39, 0.29) is 41.4 Å². The molecule has 0 spiro atoms. The predicted molar refractivity (Wildman–Crippen MR) is 155 cm³/mol. The van der Waals surface area contributed by atoms with E-state index < -0.39 is 0 Å². The second-order valence-corrected chi connectivity index (χ2v) is 10.8. The summed E-state index contributed by atoms with van der Waals surface area (Å²) in [6, 6.07) is 19.6. The molecule has 5 rings (SSSR count). The van der Waals surface area contributed by atoms with E-state index >= 15 is 0 Å². The van der Waals surface area contributed by atoms with Crippen LogP contribution in [0.1, 0.15) is 75.3 Å². The molecule has 2 heterocycles. The van der Waals surface area contributed by atoms with Gasteiger partial charge < -0.3 is 19.7 Å². The normalized spacial score (nSPS) is 18.9. The Morgan fingerprint density at radius 3 is 2.10 bits per heavy atom. The zero-order valence-electron chi connectivity index (χ0n) is 23.6. The van der Waals surface area contributed by atoms with E-state index in [2.05, 4.69) is 16.4 Å². The molecule has 9 heteroatoms. The smallest absolute Gasteiger partial charge is 0.270 e. The van der Waals surface area contributed by atoms with Gasteiger partial charge >= 0.3 is 0 Å². The Balaban J connectivity index is 1.06. The topological polar surface area (TPSA) is 122 Å². The van der Waals surface area contributed by atoms with E-state index in [1.54, 1.807) is 72.7 Å². The number of pyridine rings is 1. The van der Waals surface area contributed by atoms with Gasteiger partial charge in [-0.15, -0.1) is 0 Å². The molecule has 1 saturated carbocycles. The van der Waals surface area contributed by atoms with Crippen LogP contribution >= 0.6 is 0 Å². The van der Waals surface area contributed by atoms with Gasteiger partial charge in [-0.2, -0.15) is 5.26 Å². The summed E-state index contributed by atoms with van der Waals surface area (Å²) in [5.74, 6) is 1.01. The number of hydrogen-bond donors (Lipinski definition) is 1. The maximum Gasteiger partial charge on any atom is 0.270 e. The molecule has 9 nitrogen and oxygen atoms in total. The van der Waals surface area contributed by atoms with Gasteiger partial charge in [0.1, 0.15) is 17.2 Å². The number of rotatable bonds is 8. The molecule has 1 N–H and O–H groups in total. The number of ketones is 1. The minimum Gasteiger partial charge on any atom is -0.497 e. The van der Waals surface area contributed by atoms with Crippen LogP contribution in [0.3, 0.4) is 0 Å². The molecule has 2 aromatic carbocycles. The van der Waals surface area contributed by atoms with Crippen molar-refractivity contribution in [1.29, 1.82) is 5.26 Å². The monoisotopic (exact) mass is 566 g/mol. The molecule has 0 unspecified atom stereocenters. The first-order valence-electron chi connectivity index (χ1n) is 14.3. The minimum atomic E-state index is -0.261. The van der Waals surface area contributed by atoms with Gasteiger partial charge in [-0.3, -0.25) is 19.4 Å². The number of hydrogen-bond acceptors (Lipinski definition) is 7. The molecule has 1 saturated heterocycles. The zero-order valence-corrected chi connectivity index (χ0v) is 23.6. The number of Topliss-reactive ketones (excluding diaryl/α,β-unsaturated/α-hetero) is 1. The van der Waals surface area contributed by atoms with Crippen molar-refractivity contribution in [2.45, 2.75) is 50.7 Å². The van der Waals surface area contributed by atoms with Gasteiger partial charge in [-0.05, 0) is 99.2 Å². The van der Waals surface area contributed by atoms with E-state index in [9.17, 15) is 14.4 Å².